The second kappa shape index (κ2) is 6.28. The maximum Gasteiger partial charge on any atom is 0.0968 e. The Morgan fingerprint density at radius 1 is 1.15 bits per heavy atom. The van der Waals surface area contributed by atoms with Crippen LogP contribution in [0.5, 0.6) is 0 Å². The van der Waals surface area contributed by atoms with Gasteiger partial charge < -0.3 is 5.11 Å². The van der Waals surface area contributed by atoms with Crippen LogP contribution in [0.2, 0.25) is 0 Å². The Labute approximate surface area is 123 Å². The lowest BCUT2D eigenvalue weighted by Gasteiger charge is -2.41. The van der Waals surface area contributed by atoms with E-state index in [-0.39, 0.29) is 5.54 Å². The first-order chi connectivity index (χ1) is 9.50. The van der Waals surface area contributed by atoms with E-state index in [2.05, 4.69) is 56.9 Å². The number of aliphatic hydroxyl groups excluding tert-OH is 1. The van der Waals surface area contributed by atoms with Gasteiger partial charge in [-0.2, -0.15) is 0 Å². The van der Waals surface area contributed by atoms with Crippen molar-refractivity contribution in [3.63, 3.8) is 0 Å². The molecule has 1 aromatic rings. The lowest BCUT2D eigenvalue weighted by molar-refractivity contribution is -0.00627. The van der Waals surface area contributed by atoms with E-state index >= 15 is 0 Å². The average Bonchev–Trinajstić information content (AvgIpc) is 2.38. The third kappa shape index (κ3) is 2.91. The molecule has 1 atom stereocenters. The maximum atomic E-state index is 10.7. The van der Waals surface area contributed by atoms with E-state index in [1.165, 1.54) is 24.8 Å². The van der Waals surface area contributed by atoms with E-state index in [0.717, 1.165) is 24.6 Å². The Hall–Kier alpha value is -0.860. The Kier molecular flexibility index (Phi) is 4.87. The Morgan fingerprint density at radius 3 is 2.10 bits per heavy atom. The average molecular weight is 275 g/mol. The van der Waals surface area contributed by atoms with Gasteiger partial charge in [0.1, 0.15) is 0 Å². The molecule has 0 heterocycles. The van der Waals surface area contributed by atoms with Gasteiger partial charge in [0.25, 0.3) is 0 Å². The van der Waals surface area contributed by atoms with Gasteiger partial charge in [-0.15, -0.1) is 0 Å². The van der Waals surface area contributed by atoms with Crippen LogP contribution in [0.4, 0.5) is 0 Å². The molecule has 0 saturated heterocycles. The Balaban J connectivity index is 2.13. The zero-order valence-electron chi connectivity index (χ0n) is 13.4. The van der Waals surface area contributed by atoms with Gasteiger partial charge in [-0.3, -0.25) is 4.90 Å². The van der Waals surface area contributed by atoms with Crippen LogP contribution in [-0.4, -0.2) is 28.6 Å². The summed E-state index contributed by atoms with van der Waals surface area (Å²) in [5.74, 6) is 0.761. The van der Waals surface area contributed by atoms with Crippen molar-refractivity contribution < 1.29 is 5.11 Å². The minimum absolute atomic E-state index is 0.235. The van der Waals surface area contributed by atoms with Crippen molar-refractivity contribution in [3.8, 4) is 0 Å². The molecule has 2 nitrogen and oxygen atoms in total. The van der Waals surface area contributed by atoms with Crippen LogP contribution in [0.1, 0.15) is 70.1 Å². The molecule has 1 fully saturated rings. The molecule has 1 aromatic carbocycles. The van der Waals surface area contributed by atoms with Crippen LogP contribution in [0.3, 0.4) is 0 Å². The molecule has 1 N–H and O–H groups in total. The summed E-state index contributed by atoms with van der Waals surface area (Å²) >= 11 is 0. The van der Waals surface area contributed by atoms with Crippen LogP contribution in [-0.2, 0) is 0 Å². The second-order valence-electron chi connectivity index (χ2n) is 6.52. The molecule has 112 valence electrons. The summed E-state index contributed by atoms with van der Waals surface area (Å²) in [6, 6.07) is 8.65. The van der Waals surface area contributed by atoms with Gasteiger partial charge in [0.05, 0.1) is 6.10 Å². The summed E-state index contributed by atoms with van der Waals surface area (Å²) in [4.78, 5) is 2.32. The number of nitrogens with zero attached hydrogens (tertiary/aromatic N) is 1. The minimum Gasteiger partial charge on any atom is -0.386 e. The van der Waals surface area contributed by atoms with Gasteiger partial charge in [-0.25, -0.2) is 0 Å². The predicted octanol–water partition coefficient (Wildman–Crippen LogP) is 4.11. The molecule has 0 aliphatic heterocycles. The van der Waals surface area contributed by atoms with Crippen LogP contribution >= 0.6 is 0 Å². The van der Waals surface area contributed by atoms with Crippen molar-refractivity contribution >= 4 is 0 Å². The standard InChI is InChI=1S/C18H29NO/c1-5-19(6-2)18(3,4)17(20)16-12-10-15(11-13-16)14-8-7-9-14/h10-14,17,20H,5-9H2,1-4H3. The van der Waals surface area contributed by atoms with Crippen molar-refractivity contribution in [1.82, 2.24) is 4.90 Å². The van der Waals surface area contributed by atoms with Crippen molar-refractivity contribution in [3.05, 3.63) is 35.4 Å². The SMILES string of the molecule is CCN(CC)C(C)(C)C(O)c1ccc(C2CCC2)cc1. The van der Waals surface area contributed by atoms with E-state index in [0.29, 0.717) is 0 Å². The van der Waals surface area contributed by atoms with Gasteiger partial charge in [0.2, 0.25) is 0 Å². The summed E-state index contributed by atoms with van der Waals surface area (Å²) in [6.45, 7) is 10.5. The number of hydrogen-bond donors (Lipinski definition) is 1. The first kappa shape index (κ1) is 15.5. The number of likely N-dealkylation sites (N-methyl/N-ethyl adjacent to an activating group) is 1. The number of benzene rings is 1. The van der Waals surface area contributed by atoms with Crippen LogP contribution < -0.4 is 0 Å². The molecular formula is C18H29NO. The fourth-order valence-corrected chi connectivity index (χ4v) is 3.31. The highest BCUT2D eigenvalue weighted by atomic mass is 16.3. The molecule has 0 bridgehead atoms. The minimum atomic E-state index is -0.446. The lowest BCUT2D eigenvalue weighted by Crippen LogP contribution is -2.48. The maximum absolute atomic E-state index is 10.7. The molecule has 1 aliphatic carbocycles. The van der Waals surface area contributed by atoms with E-state index in [9.17, 15) is 5.11 Å². The van der Waals surface area contributed by atoms with Crippen LogP contribution in [0.25, 0.3) is 0 Å². The highest BCUT2D eigenvalue weighted by molar-refractivity contribution is 5.29. The molecular weight excluding hydrogens is 246 g/mol. The molecule has 2 heteroatoms. The summed E-state index contributed by atoms with van der Waals surface area (Å²) in [5, 5.41) is 10.7. The topological polar surface area (TPSA) is 23.5 Å². The molecule has 1 aliphatic rings. The van der Waals surface area contributed by atoms with Crippen molar-refractivity contribution in [2.75, 3.05) is 13.1 Å². The predicted molar refractivity (Wildman–Crippen MR) is 85.0 cm³/mol. The molecule has 1 saturated carbocycles. The van der Waals surface area contributed by atoms with E-state index < -0.39 is 6.10 Å². The van der Waals surface area contributed by atoms with Gasteiger partial charge >= 0.3 is 0 Å². The van der Waals surface area contributed by atoms with Gasteiger partial charge in [-0.05, 0) is 56.8 Å². The van der Waals surface area contributed by atoms with Gasteiger partial charge in [-0.1, -0.05) is 44.5 Å². The Morgan fingerprint density at radius 2 is 1.70 bits per heavy atom. The molecule has 0 spiro atoms. The quantitative estimate of drug-likeness (QED) is 0.844. The largest absolute Gasteiger partial charge is 0.386 e. The van der Waals surface area contributed by atoms with Crippen LogP contribution in [0.15, 0.2) is 24.3 Å². The molecule has 20 heavy (non-hydrogen) atoms. The zero-order valence-corrected chi connectivity index (χ0v) is 13.4. The summed E-state index contributed by atoms with van der Waals surface area (Å²) in [6.07, 6.45) is 3.57. The molecule has 2 rings (SSSR count). The third-order valence-corrected chi connectivity index (χ3v) is 5.08. The first-order valence-electron chi connectivity index (χ1n) is 8.03. The van der Waals surface area contributed by atoms with E-state index in [1.807, 2.05) is 0 Å². The number of rotatable bonds is 6. The molecule has 0 aromatic heterocycles. The monoisotopic (exact) mass is 275 g/mol. The summed E-state index contributed by atoms with van der Waals surface area (Å²) in [5.41, 5.74) is 2.24. The fraction of sp³-hybridized carbons (Fsp3) is 0.667. The van der Waals surface area contributed by atoms with Crippen molar-refractivity contribution in [2.45, 2.75) is 64.5 Å². The molecule has 0 radical (unpaired) electrons. The summed E-state index contributed by atoms with van der Waals surface area (Å²) < 4.78 is 0. The van der Waals surface area contributed by atoms with Gasteiger partial charge in [0.15, 0.2) is 0 Å². The smallest absolute Gasteiger partial charge is 0.0968 e. The first-order valence-corrected chi connectivity index (χ1v) is 8.03. The van der Waals surface area contributed by atoms with Crippen molar-refractivity contribution in [1.29, 1.82) is 0 Å². The van der Waals surface area contributed by atoms with Gasteiger partial charge in [0, 0.05) is 5.54 Å². The second-order valence-corrected chi connectivity index (χ2v) is 6.52. The number of hydrogen-bond acceptors (Lipinski definition) is 2. The lowest BCUT2D eigenvalue weighted by atomic mass is 9.79. The summed E-state index contributed by atoms with van der Waals surface area (Å²) in [7, 11) is 0. The highest BCUT2D eigenvalue weighted by Gasteiger charge is 2.33. The van der Waals surface area contributed by atoms with Crippen LogP contribution in [0, 0.1) is 0 Å². The normalized spacial score (nSPS) is 18.1. The van der Waals surface area contributed by atoms with E-state index in [4.69, 9.17) is 0 Å². The van der Waals surface area contributed by atoms with E-state index in [1.54, 1.807) is 0 Å². The zero-order chi connectivity index (χ0) is 14.8. The fourth-order valence-electron chi connectivity index (χ4n) is 3.31. The number of aliphatic hydroxyl groups is 1. The molecule has 0 amide bonds. The third-order valence-electron chi connectivity index (χ3n) is 5.08. The highest BCUT2D eigenvalue weighted by Crippen LogP contribution is 2.37. The molecule has 1 unspecified atom stereocenters. The Bertz CT molecular complexity index is 416. The van der Waals surface area contributed by atoms with Crippen molar-refractivity contribution in [2.24, 2.45) is 0 Å².